The fourth-order valence-corrected chi connectivity index (χ4v) is 2.07. The molecule has 1 aliphatic carbocycles. The van der Waals surface area contributed by atoms with Crippen LogP contribution in [0.3, 0.4) is 0 Å². The molecule has 2 nitrogen and oxygen atoms in total. The largest absolute Gasteiger partial charge is 0.299 e. The molecule has 1 fully saturated rings. The van der Waals surface area contributed by atoms with Crippen LogP contribution in [0.25, 0.3) is 0 Å². The number of nitriles is 1. The van der Waals surface area contributed by atoms with Crippen molar-refractivity contribution in [3.05, 3.63) is 35.6 Å². The molecule has 0 unspecified atom stereocenters. The Hall–Kier alpha value is -1.69. The van der Waals surface area contributed by atoms with Crippen LogP contribution in [-0.2, 0) is 4.79 Å². The number of halogens is 1. The molecular weight excluding hydrogens is 193 g/mol. The minimum atomic E-state index is -0.351. The maximum Gasteiger partial charge on any atom is 0.141 e. The summed E-state index contributed by atoms with van der Waals surface area (Å²) in [6, 6.07) is 7.98. The molecule has 1 aliphatic rings. The predicted octanol–water partition coefficient (Wildman–Crippen LogP) is 2.41. The average molecular weight is 203 g/mol. The Bertz CT molecular complexity index is 418. The molecule has 0 heterocycles. The molecule has 0 aromatic heterocycles. The van der Waals surface area contributed by atoms with Crippen LogP contribution in [0.1, 0.15) is 24.3 Å². The maximum atomic E-state index is 12.7. The molecule has 1 aromatic rings. The summed E-state index contributed by atoms with van der Waals surface area (Å²) < 4.78 is 12.7. The van der Waals surface area contributed by atoms with Gasteiger partial charge in [0.1, 0.15) is 11.6 Å². The van der Waals surface area contributed by atoms with Crippen LogP contribution >= 0.6 is 0 Å². The summed E-state index contributed by atoms with van der Waals surface area (Å²) in [6.45, 7) is 0. The zero-order valence-corrected chi connectivity index (χ0v) is 8.11. The first kappa shape index (κ1) is 9.85. The molecule has 76 valence electrons. The highest BCUT2D eigenvalue weighted by molar-refractivity contribution is 5.88. The number of ketones is 1. The van der Waals surface area contributed by atoms with E-state index in [1.54, 1.807) is 12.1 Å². The van der Waals surface area contributed by atoms with Crippen molar-refractivity contribution in [3.8, 4) is 6.07 Å². The Morgan fingerprint density at radius 1 is 1.33 bits per heavy atom. The number of hydrogen-bond acceptors (Lipinski definition) is 2. The van der Waals surface area contributed by atoms with E-state index >= 15 is 0 Å². The van der Waals surface area contributed by atoms with Crippen LogP contribution in [-0.4, -0.2) is 5.78 Å². The van der Waals surface area contributed by atoms with E-state index in [0.29, 0.717) is 12.8 Å². The van der Waals surface area contributed by atoms with E-state index in [9.17, 15) is 9.18 Å². The Kier molecular flexibility index (Phi) is 2.51. The number of nitrogens with zero attached hydrogens (tertiary/aromatic N) is 1. The molecule has 0 saturated heterocycles. The third kappa shape index (κ3) is 1.75. The lowest BCUT2D eigenvalue weighted by molar-refractivity contribution is -0.118. The first-order valence-corrected chi connectivity index (χ1v) is 4.90. The van der Waals surface area contributed by atoms with Gasteiger partial charge in [-0.3, -0.25) is 4.79 Å². The van der Waals surface area contributed by atoms with E-state index in [2.05, 4.69) is 6.07 Å². The van der Waals surface area contributed by atoms with Gasteiger partial charge in [0.15, 0.2) is 0 Å². The van der Waals surface area contributed by atoms with Crippen molar-refractivity contribution >= 4 is 5.78 Å². The minimum absolute atomic E-state index is 0.0909. The van der Waals surface area contributed by atoms with Gasteiger partial charge in [0, 0.05) is 6.42 Å². The molecule has 2 atom stereocenters. The van der Waals surface area contributed by atoms with Crippen LogP contribution in [0.5, 0.6) is 0 Å². The summed E-state index contributed by atoms with van der Waals surface area (Å²) >= 11 is 0. The Morgan fingerprint density at radius 2 is 2.00 bits per heavy atom. The number of carbonyl (C=O) groups is 1. The lowest BCUT2D eigenvalue weighted by Gasteiger charge is -2.11. The van der Waals surface area contributed by atoms with Crippen molar-refractivity contribution in [2.24, 2.45) is 5.92 Å². The van der Waals surface area contributed by atoms with Crippen molar-refractivity contribution in [2.75, 3.05) is 0 Å². The summed E-state index contributed by atoms with van der Waals surface area (Å²) in [7, 11) is 0. The zero-order chi connectivity index (χ0) is 10.8. The Labute approximate surface area is 87.3 Å². The van der Waals surface area contributed by atoms with Gasteiger partial charge in [-0.05, 0) is 24.1 Å². The normalized spacial score (nSPS) is 25.2. The van der Waals surface area contributed by atoms with E-state index < -0.39 is 0 Å². The second kappa shape index (κ2) is 3.82. The molecule has 0 amide bonds. The van der Waals surface area contributed by atoms with E-state index in [4.69, 9.17) is 5.26 Å². The third-order valence-electron chi connectivity index (χ3n) is 2.85. The highest BCUT2D eigenvalue weighted by atomic mass is 19.1. The first-order chi connectivity index (χ1) is 7.22. The van der Waals surface area contributed by atoms with E-state index in [1.807, 2.05) is 0 Å². The second-order valence-corrected chi connectivity index (χ2v) is 3.77. The summed E-state index contributed by atoms with van der Waals surface area (Å²) in [5, 5.41) is 8.89. The van der Waals surface area contributed by atoms with Crippen LogP contribution in [0.4, 0.5) is 4.39 Å². The molecule has 1 saturated carbocycles. The highest BCUT2D eigenvalue weighted by Gasteiger charge is 2.35. The molecule has 0 aliphatic heterocycles. The van der Waals surface area contributed by atoms with Gasteiger partial charge in [-0.25, -0.2) is 4.39 Å². The molecule has 1 aromatic carbocycles. The van der Waals surface area contributed by atoms with Crippen LogP contribution < -0.4 is 0 Å². The topological polar surface area (TPSA) is 40.9 Å². The van der Waals surface area contributed by atoms with Crippen molar-refractivity contribution in [2.45, 2.75) is 18.8 Å². The standard InChI is InChI=1S/C12H10FNO/c13-10-4-1-8(2-5-10)12-9(7-14)3-6-11(12)15/h1-2,4-5,9,12H,3,6H2/t9-,12-/m0/s1. The van der Waals surface area contributed by atoms with Crippen molar-refractivity contribution in [3.63, 3.8) is 0 Å². The van der Waals surface area contributed by atoms with Crippen LogP contribution in [0.2, 0.25) is 0 Å². The fraction of sp³-hybridized carbons (Fsp3) is 0.333. The van der Waals surface area contributed by atoms with Crippen molar-refractivity contribution in [1.82, 2.24) is 0 Å². The Morgan fingerprint density at radius 3 is 2.60 bits per heavy atom. The van der Waals surface area contributed by atoms with Crippen LogP contribution in [0, 0.1) is 23.1 Å². The van der Waals surface area contributed by atoms with Gasteiger partial charge in [-0.2, -0.15) is 5.26 Å². The quantitative estimate of drug-likeness (QED) is 0.703. The van der Waals surface area contributed by atoms with Gasteiger partial charge in [-0.1, -0.05) is 12.1 Å². The lowest BCUT2D eigenvalue weighted by Crippen LogP contribution is -2.11. The molecule has 15 heavy (non-hydrogen) atoms. The van der Waals surface area contributed by atoms with E-state index in [-0.39, 0.29) is 23.4 Å². The van der Waals surface area contributed by atoms with Gasteiger partial charge in [0.05, 0.1) is 17.9 Å². The van der Waals surface area contributed by atoms with Gasteiger partial charge in [0.25, 0.3) is 0 Å². The number of rotatable bonds is 1. The molecule has 2 rings (SSSR count). The van der Waals surface area contributed by atoms with Gasteiger partial charge < -0.3 is 0 Å². The van der Waals surface area contributed by atoms with Crippen molar-refractivity contribution < 1.29 is 9.18 Å². The molecule has 0 spiro atoms. The second-order valence-electron chi connectivity index (χ2n) is 3.77. The summed E-state index contributed by atoms with van der Waals surface area (Å²) in [4.78, 5) is 11.6. The third-order valence-corrected chi connectivity index (χ3v) is 2.85. The predicted molar refractivity (Wildman–Crippen MR) is 52.5 cm³/mol. The zero-order valence-electron chi connectivity index (χ0n) is 8.11. The molecule has 0 bridgehead atoms. The summed E-state index contributed by atoms with van der Waals surface area (Å²) in [5.41, 5.74) is 0.755. The van der Waals surface area contributed by atoms with Gasteiger partial charge >= 0.3 is 0 Å². The molecule has 3 heteroatoms. The number of hydrogen-bond donors (Lipinski definition) is 0. The summed E-state index contributed by atoms with van der Waals surface area (Å²) in [5.74, 6) is -0.829. The molecule has 0 radical (unpaired) electrons. The first-order valence-electron chi connectivity index (χ1n) is 4.90. The highest BCUT2D eigenvalue weighted by Crippen LogP contribution is 2.36. The maximum absolute atomic E-state index is 12.7. The molecular formula is C12H10FNO. The number of carbonyl (C=O) groups excluding carboxylic acids is 1. The monoisotopic (exact) mass is 203 g/mol. The summed E-state index contributed by atoms with van der Waals surface area (Å²) in [6.07, 6.45) is 1.08. The average Bonchev–Trinajstić information content (AvgIpc) is 2.61. The van der Waals surface area contributed by atoms with Gasteiger partial charge in [-0.15, -0.1) is 0 Å². The minimum Gasteiger partial charge on any atom is -0.299 e. The number of benzene rings is 1. The van der Waals surface area contributed by atoms with Crippen LogP contribution in [0.15, 0.2) is 24.3 Å². The molecule has 0 N–H and O–H groups in total. The van der Waals surface area contributed by atoms with E-state index in [0.717, 1.165) is 5.56 Å². The van der Waals surface area contributed by atoms with Gasteiger partial charge in [0.2, 0.25) is 0 Å². The lowest BCUT2D eigenvalue weighted by atomic mass is 9.89. The fourth-order valence-electron chi connectivity index (χ4n) is 2.07. The smallest absolute Gasteiger partial charge is 0.141 e. The van der Waals surface area contributed by atoms with E-state index in [1.165, 1.54) is 12.1 Å². The SMILES string of the molecule is N#C[C@@H]1CCC(=O)[C@H]1c1ccc(F)cc1. The van der Waals surface area contributed by atoms with Crippen molar-refractivity contribution in [1.29, 1.82) is 5.26 Å². The number of Topliss-reactive ketones (excluding diaryl/α,β-unsaturated/α-hetero) is 1. The Balaban J connectivity index is 2.33.